The molecule has 0 spiro atoms. The fourth-order valence-electron chi connectivity index (χ4n) is 1.37. The number of nitrogens with one attached hydrogen (secondary N) is 1. The van der Waals surface area contributed by atoms with Crippen LogP contribution in [-0.4, -0.2) is 28.7 Å². The number of imidazole rings is 1. The van der Waals surface area contributed by atoms with Gasteiger partial charge < -0.3 is 9.72 Å². The van der Waals surface area contributed by atoms with Crippen LogP contribution in [0.15, 0.2) is 12.3 Å². The average molecular weight is 191 g/mol. The van der Waals surface area contributed by atoms with E-state index in [1.54, 1.807) is 7.11 Å². The van der Waals surface area contributed by atoms with Gasteiger partial charge in [-0.2, -0.15) is 0 Å². The first-order valence-electron chi connectivity index (χ1n) is 4.60. The number of ether oxygens (including phenoxy) is 1. The summed E-state index contributed by atoms with van der Waals surface area (Å²) in [5, 5.41) is 0. The zero-order valence-corrected chi connectivity index (χ0v) is 8.37. The maximum absolute atomic E-state index is 4.99. The molecule has 0 atom stereocenters. The molecule has 0 radical (unpaired) electrons. The van der Waals surface area contributed by atoms with Gasteiger partial charge in [-0.1, -0.05) is 0 Å². The Labute approximate surface area is 82.3 Å². The van der Waals surface area contributed by atoms with Gasteiger partial charge in [0.2, 0.25) is 0 Å². The van der Waals surface area contributed by atoms with E-state index in [2.05, 4.69) is 15.0 Å². The molecule has 14 heavy (non-hydrogen) atoms. The molecule has 74 valence electrons. The lowest BCUT2D eigenvalue weighted by molar-refractivity contribution is 0.201. The van der Waals surface area contributed by atoms with Gasteiger partial charge in [-0.3, -0.25) is 0 Å². The first-order valence-corrected chi connectivity index (χ1v) is 4.60. The van der Waals surface area contributed by atoms with E-state index in [0.717, 1.165) is 29.0 Å². The Morgan fingerprint density at radius 1 is 1.50 bits per heavy atom. The van der Waals surface area contributed by atoms with Crippen molar-refractivity contribution in [3.8, 4) is 0 Å². The minimum atomic E-state index is 0.679. The van der Waals surface area contributed by atoms with Gasteiger partial charge in [-0.25, -0.2) is 9.97 Å². The van der Waals surface area contributed by atoms with E-state index in [-0.39, 0.29) is 0 Å². The first-order chi connectivity index (χ1) is 6.79. The molecule has 2 aromatic heterocycles. The lowest BCUT2D eigenvalue weighted by atomic mass is 10.3. The van der Waals surface area contributed by atoms with Crippen molar-refractivity contribution in [3.63, 3.8) is 0 Å². The van der Waals surface area contributed by atoms with Crippen LogP contribution < -0.4 is 0 Å². The molecule has 0 unspecified atom stereocenters. The van der Waals surface area contributed by atoms with E-state index < -0.39 is 0 Å². The molecular formula is C10H13N3O. The Bertz CT molecular complexity index is 436. The lowest BCUT2D eigenvalue weighted by Crippen LogP contribution is -1.95. The highest BCUT2D eigenvalue weighted by Gasteiger charge is 2.02. The molecular weight excluding hydrogens is 178 g/mol. The quantitative estimate of drug-likeness (QED) is 0.799. The van der Waals surface area contributed by atoms with E-state index in [9.17, 15) is 0 Å². The number of hydrogen-bond acceptors (Lipinski definition) is 3. The number of pyridine rings is 1. The molecule has 0 bridgehead atoms. The van der Waals surface area contributed by atoms with Gasteiger partial charge >= 0.3 is 0 Å². The molecule has 2 heterocycles. The molecule has 0 aliphatic rings. The standard InChI is InChI=1S/C10H13N3O/c1-7-5-8-10(11-6-7)13-9(12-8)3-4-14-2/h5-6H,3-4H2,1-2H3,(H,11,12,13). The van der Waals surface area contributed by atoms with E-state index in [4.69, 9.17) is 4.74 Å². The molecule has 0 fully saturated rings. The molecule has 2 rings (SSSR count). The normalized spacial score (nSPS) is 11.0. The monoisotopic (exact) mass is 191 g/mol. The molecule has 0 aliphatic heterocycles. The van der Waals surface area contributed by atoms with Crippen molar-refractivity contribution >= 4 is 11.2 Å². The molecule has 0 aliphatic carbocycles. The number of fused-ring (bicyclic) bond motifs is 1. The van der Waals surface area contributed by atoms with E-state index in [1.807, 2.05) is 19.2 Å². The third kappa shape index (κ3) is 1.75. The van der Waals surface area contributed by atoms with E-state index >= 15 is 0 Å². The highest BCUT2D eigenvalue weighted by atomic mass is 16.5. The minimum absolute atomic E-state index is 0.679. The number of aryl methyl sites for hydroxylation is 1. The Morgan fingerprint density at radius 2 is 2.36 bits per heavy atom. The van der Waals surface area contributed by atoms with Crippen LogP contribution in [0.3, 0.4) is 0 Å². The van der Waals surface area contributed by atoms with Crippen LogP contribution in [0.1, 0.15) is 11.4 Å². The number of hydrogen-bond donors (Lipinski definition) is 1. The predicted molar refractivity (Wildman–Crippen MR) is 54.2 cm³/mol. The number of aromatic nitrogens is 3. The van der Waals surface area contributed by atoms with Crippen molar-refractivity contribution in [2.24, 2.45) is 0 Å². The molecule has 1 N–H and O–H groups in total. The van der Waals surface area contributed by atoms with Crippen LogP contribution >= 0.6 is 0 Å². The highest BCUT2D eigenvalue weighted by molar-refractivity contribution is 5.70. The van der Waals surface area contributed by atoms with Crippen molar-refractivity contribution in [1.29, 1.82) is 0 Å². The molecule has 0 aromatic carbocycles. The summed E-state index contributed by atoms with van der Waals surface area (Å²) in [5.74, 6) is 0.931. The van der Waals surface area contributed by atoms with Crippen LogP contribution in [0, 0.1) is 6.92 Å². The van der Waals surface area contributed by atoms with Crippen LogP contribution in [-0.2, 0) is 11.2 Å². The Hall–Kier alpha value is -1.42. The second kappa shape index (κ2) is 3.75. The zero-order valence-electron chi connectivity index (χ0n) is 8.37. The summed E-state index contributed by atoms with van der Waals surface area (Å²) in [6.45, 7) is 2.70. The Kier molecular flexibility index (Phi) is 2.45. The van der Waals surface area contributed by atoms with Gasteiger partial charge in [0.05, 0.1) is 12.1 Å². The number of aromatic amines is 1. The SMILES string of the molecule is COCCc1nc2ncc(C)cc2[nH]1. The predicted octanol–water partition coefficient (Wildman–Crippen LogP) is 1.46. The summed E-state index contributed by atoms with van der Waals surface area (Å²) in [7, 11) is 1.69. The van der Waals surface area contributed by atoms with E-state index in [0.29, 0.717) is 6.61 Å². The highest BCUT2D eigenvalue weighted by Crippen LogP contribution is 2.10. The number of nitrogens with zero attached hydrogens (tertiary/aromatic N) is 2. The topological polar surface area (TPSA) is 50.8 Å². The Balaban J connectivity index is 2.32. The van der Waals surface area contributed by atoms with Gasteiger partial charge in [0.25, 0.3) is 0 Å². The fraction of sp³-hybridized carbons (Fsp3) is 0.400. The van der Waals surface area contributed by atoms with Crippen LogP contribution in [0.25, 0.3) is 11.2 Å². The number of H-pyrrole nitrogens is 1. The number of methoxy groups -OCH3 is 1. The fourth-order valence-corrected chi connectivity index (χ4v) is 1.37. The summed E-state index contributed by atoms with van der Waals surface area (Å²) in [5.41, 5.74) is 2.91. The molecule has 4 nitrogen and oxygen atoms in total. The zero-order chi connectivity index (χ0) is 9.97. The van der Waals surface area contributed by atoms with Gasteiger partial charge in [0.1, 0.15) is 5.82 Å². The largest absolute Gasteiger partial charge is 0.384 e. The first kappa shape index (κ1) is 9.15. The van der Waals surface area contributed by atoms with Crippen LogP contribution in [0.2, 0.25) is 0 Å². The third-order valence-electron chi connectivity index (χ3n) is 2.07. The van der Waals surface area contributed by atoms with E-state index in [1.165, 1.54) is 0 Å². The van der Waals surface area contributed by atoms with Crippen molar-refractivity contribution in [1.82, 2.24) is 15.0 Å². The Morgan fingerprint density at radius 3 is 3.14 bits per heavy atom. The second-order valence-electron chi connectivity index (χ2n) is 3.31. The summed E-state index contributed by atoms with van der Waals surface area (Å²) >= 11 is 0. The van der Waals surface area contributed by atoms with Gasteiger partial charge in [0, 0.05) is 19.7 Å². The molecule has 0 saturated heterocycles. The van der Waals surface area contributed by atoms with Gasteiger partial charge in [0.15, 0.2) is 5.65 Å². The third-order valence-corrected chi connectivity index (χ3v) is 2.07. The van der Waals surface area contributed by atoms with Gasteiger partial charge in [-0.05, 0) is 18.6 Å². The summed E-state index contributed by atoms with van der Waals surface area (Å²) in [6, 6.07) is 2.05. The second-order valence-corrected chi connectivity index (χ2v) is 3.31. The molecule has 2 aromatic rings. The summed E-state index contributed by atoms with van der Waals surface area (Å²) in [4.78, 5) is 11.8. The maximum atomic E-state index is 4.99. The van der Waals surface area contributed by atoms with Crippen molar-refractivity contribution in [2.75, 3.05) is 13.7 Å². The van der Waals surface area contributed by atoms with Crippen molar-refractivity contribution in [2.45, 2.75) is 13.3 Å². The minimum Gasteiger partial charge on any atom is -0.384 e. The lowest BCUT2D eigenvalue weighted by Gasteiger charge is -1.92. The maximum Gasteiger partial charge on any atom is 0.177 e. The smallest absolute Gasteiger partial charge is 0.177 e. The number of rotatable bonds is 3. The van der Waals surface area contributed by atoms with Crippen LogP contribution in [0.4, 0.5) is 0 Å². The van der Waals surface area contributed by atoms with Crippen LogP contribution in [0.5, 0.6) is 0 Å². The molecule has 0 amide bonds. The van der Waals surface area contributed by atoms with Gasteiger partial charge in [-0.15, -0.1) is 0 Å². The van der Waals surface area contributed by atoms with Crippen molar-refractivity contribution < 1.29 is 4.74 Å². The summed E-state index contributed by atoms with van der Waals surface area (Å²) in [6.07, 6.45) is 2.62. The average Bonchev–Trinajstić information content (AvgIpc) is 2.56. The summed E-state index contributed by atoms with van der Waals surface area (Å²) < 4.78 is 4.99. The van der Waals surface area contributed by atoms with Crippen molar-refractivity contribution in [3.05, 3.63) is 23.7 Å². The molecule has 0 saturated carbocycles. The molecule has 4 heteroatoms.